The van der Waals surface area contributed by atoms with Gasteiger partial charge in [0.05, 0.1) is 0 Å². The van der Waals surface area contributed by atoms with Gasteiger partial charge in [0.25, 0.3) is 0 Å². The fourth-order valence-electron chi connectivity index (χ4n) is 4.72. The molecule has 4 saturated carbocycles. The van der Waals surface area contributed by atoms with Crippen LogP contribution < -0.4 is 5.32 Å². The van der Waals surface area contributed by atoms with Crippen LogP contribution in [-0.4, -0.2) is 23.1 Å². The number of hydrogen-bond donors (Lipinski definition) is 1. The van der Waals surface area contributed by atoms with Gasteiger partial charge in [-0.05, 0) is 63.2 Å². The van der Waals surface area contributed by atoms with Crippen molar-refractivity contribution in [2.75, 3.05) is 5.33 Å². The van der Waals surface area contributed by atoms with Gasteiger partial charge in [0.2, 0.25) is 0 Å². The Morgan fingerprint density at radius 2 is 1.78 bits per heavy atom. The molecule has 0 saturated heterocycles. The zero-order valence-corrected chi connectivity index (χ0v) is 12.5. The summed E-state index contributed by atoms with van der Waals surface area (Å²) in [4.78, 5) is 11.9. The summed E-state index contributed by atoms with van der Waals surface area (Å²) in [5.74, 6) is 2.56. The first-order valence-electron chi connectivity index (χ1n) is 7.13. The molecular formula is C14H22BrNO2. The van der Waals surface area contributed by atoms with Gasteiger partial charge in [-0.25, -0.2) is 4.79 Å². The quantitative estimate of drug-likeness (QED) is 0.810. The molecule has 4 bridgehead atoms. The molecule has 4 fully saturated rings. The van der Waals surface area contributed by atoms with Gasteiger partial charge in [0.1, 0.15) is 6.10 Å². The van der Waals surface area contributed by atoms with E-state index in [0.717, 1.165) is 17.8 Å². The first-order valence-corrected chi connectivity index (χ1v) is 8.25. The van der Waals surface area contributed by atoms with Crippen LogP contribution in [0.25, 0.3) is 0 Å². The molecule has 4 heteroatoms. The summed E-state index contributed by atoms with van der Waals surface area (Å²) in [6.45, 7) is 1.91. The summed E-state index contributed by atoms with van der Waals surface area (Å²) in [6, 6.07) is 0. The lowest BCUT2D eigenvalue weighted by molar-refractivity contribution is -0.0207. The Kier molecular flexibility index (Phi) is 3.33. The number of rotatable bonds is 3. The molecular weight excluding hydrogens is 294 g/mol. The lowest BCUT2D eigenvalue weighted by atomic mass is 9.53. The number of carbonyl (C=O) groups excluding carboxylic acids is 1. The average molecular weight is 316 g/mol. The molecule has 1 amide bonds. The maximum absolute atomic E-state index is 11.9. The Labute approximate surface area is 117 Å². The Morgan fingerprint density at radius 3 is 2.22 bits per heavy atom. The molecule has 1 unspecified atom stereocenters. The molecule has 18 heavy (non-hydrogen) atoms. The molecule has 0 spiro atoms. The standard InChI is InChI=1S/C14H22BrNO2/c1-9(8-15)18-13(17)16-14-5-10-2-11(6-14)4-12(3-10)7-14/h9-12H,2-8H2,1H3,(H,16,17). The van der Waals surface area contributed by atoms with Crippen molar-refractivity contribution in [1.29, 1.82) is 0 Å². The van der Waals surface area contributed by atoms with Crippen molar-refractivity contribution in [3.8, 4) is 0 Å². The number of alkyl carbamates (subject to hydrolysis) is 1. The van der Waals surface area contributed by atoms with Gasteiger partial charge in [-0.3, -0.25) is 0 Å². The van der Waals surface area contributed by atoms with Gasteiger partial charge in [-0.15, -0.1) is 0 Å². The van der Waals surface area contributed by atoms with E-state index in [0.29, 0.717) is 5.33 Å². The molecule has 0 aromatic rings. The third kappa shape index (κ3) is 2.40. The van der Waals surface area contributed by atoms with Crippen LogP contribution in [0.5, 0.6) is 0 Å². The van der Waals surface area contributed by atoms with Crippen molar-refractivity contribution >= 4 is 22.0 Å². The van der Waals surface area contributed by atoms with Crippen molar-refractivity contribution in [3.63, 3.8) is 0 Å². The first-order chi connectivity index (χ1) is 8.58. The summed E-state index contributed by atoms with van der Waals surface area (Å²) in [6.07, 6.45) is 7.45. The van der Waals surface area contributed by atoms with Crippen LogP contribution in [0.2, 0.25) is 0 Å². The van der Waals surface area contributed by atoms with Crippen LogP contribution in [0.3, 0.4) is 0 Å². The maximum atomic E-state index is 11.9. The minimum atomic E-state index is -0.219. The number of carbonyl (C=O) groups is 1. The Hall–Kier alpha value is -0.250. The average Bonchev–Trinajstić information content (AvgIpc) is 2.25. The third-order valence-electron chi connectivity index (χ3n) is 4.93. The van der Waals surface area contributed by atoms with Crippen molar-refractivity contribution in [2.45, 2.75) is 57.1 Å². The lowest BCUT2D eigenvalue weighted by Crippen LogP contribution is -2.60. The molecule has 1 atom stereocenters. The monoisotopic (exact) mass is 315 g/mol. The van der Waals surface area contributed by atoms with E-state index in [1.807, 2.05) is 6.92 Å². The number of hydrogen-bond acceptors (Lipinski definition) is 2. The van der Waals surface area contributed by atoms with Crippen molar-refractivity contribution < 1.29 is 9.53 Å². The predicted octanol–water partition coefficient (Wildman–Crippen LogP) is 3.46. The van der Waals surface area contributed by atoms with E-state index in [2.05, 4.69) is 21.2 Å². The van der Waals surface area contributed by atoms with E-state index in [-0.39, 0.29) is 17.7 Å². The van der Waals surface area contributed by atoms with Crippen LogP contribution in [0.15, 0.2) is 0 Å². The molecule has 0 aromatic heterocycles. The molecule has 4 aliphatic rings. The second kappa shape index (κ2) is 4.69. The van der Waals surface area contributed by atoms with Crippen LogP contribution >= 0.6 is 15.9 Å². The van der Waals surface area contributed by atoms with Gasteiger partial charge in [-0.2, -0.15) is 0 Å². The van der Waals surface area contributed by atoms with Gasteiger partial charge >= 0.3 is 6.09 Å². The predicted molar refractivity (Wildman–Crippen MR) is 73.8 cm³/mol. The molecule has 0 heterocycles. The zero-order chi connectivity index (χ0) is 12.8. The molecule has 4 rings (SSSR count). The van der Waals surface area contributed by atoms with E-state index in [1.165, 1.54) is 38.5 Å². The third-order valence-corrected chi connectivity index (χ3v) is 5.84. The summed E-state index contributed by atoms with van der Waals surface area (Å²) in [5.41, 5.74) is 0.0673. The van der Waals surface area contributed by atoms with E-state index in [9.17, 15) is 4.79 Å². The summed E-state index contributed by atoms with van der Waals surface area (Å²) in [5, 5.41) is 3.90. The van der Waals surface area contributed by atoms with Gasteiger partial charge in [0.15, 0.2) is 0 Å². The SMILES string of the molecule is CC(CBr)OC(=O)NC12CC3CC(CC(C3)C1)C2. The lowest BCUT2D eigenvalue weighted by Gasteiger charge is -2.56. The van der Waals surface area contributed by atoms with Crippen molar-refractivity contribution in [2.24, 2.45) is 17.8 Å². The van der Waals surface area contributed by atoms with Crippen molar-refractivity contribution in [1.82, 2.24) is 5.32 Å². The van der Waals surface area contributed by atoms with Gasteiger partial charge in [0, 0.05) is 10.9 Å². The van der Waals surface area contributed by atoms with Gasteiger partial charge < -0.3 is 10.1 Å². The molecule has 3 nitrogen and oxygen atoms in total. The van der Waals surface area contributed by atoms with E-state index in [4.69, 9.17) is 4.74 Å². The van der Waals surface area contributed by atoms with E-state index in [1.54, 1.807) is 0 Å². The van der Waals surface area contributed by atoms with E-state index >= 15 is 0 Å². The van der Waals surface area contributed by atoms with Crippen LogP contribution in [0.1, 0.15) is 45.4 Å². The largest absolute Gasteiger partial charge is 0.446 e. The Balaban J connectivity index is 1.63. The highest BCUT2D eigenvalue weighted by atomic mass is 79.9. The minimum Gasteiger partial charge on any atom is -0.446 e. The highest BCUT2D eigenvalue weighted by Gasteiger charge is 2.51. The van der Waals surface area contributed by atoms with Crippen LogP contribution in [0, 0.1) is 17.8 Å². The number of halogens is 1. The minimum absolute atomic E-state index is 0.0566. The number of amides is 1. The fourth-order valence-corrected chi connectivity index (χ4v) is 4.86. The second-order valence-electron chi connectivity index (χ2n) is 6.69. The first kappa shape index (κ1) is 12.8. The Bertz CT molecular complexity index is 309. The molecule has 0 aliphatic heterocycles. The van der Waals surface area contributed by atoms with E-state index < -0.39 is 0 Å². The van der Waals surface area contributed by atoms with Crippen molar-refractivity contribution in [3.05, 3.63) is 0 Å². The van der Waals surface area contributed by atoms with Crippen LogP contribution in [0.4, 0.5) is 4.79 Å². The molecule has 102 valence electrons. The number of nitrogens with one attached hydrogen (secondary N) is 1. The second-order valence-corrected chi connectivity index (χ2v) is 7.34. The zero-order valence-electron chi connectivity index (χ0n) is 11.0. The Morgan fingerprint density at radius 1 is 1.28 bits per heavy atom. The number of alkyl halides is 1. The fraction of sp³-hybridized carbons (Fsp3) is 0.929. The molecule has 0 aromatic carbocycles. The highest BCUT2D eigenvalue weighted by molar-refractivity contribution is 9.09. The molecule has 0 radical (unpaired) electrons. The molecule has 4 aliphatic carbocycles. The van der Waals surface area contributed by atoms with Crippen LogP contribution in [-0.2, 0) is 4.74 Å². The topological polar surface area (TPSA) is 38.3 Å². The van der Waals surface area contributed by atoms with Gasteiger partial charge in [-0.1, -0.05) is 15.9 Å². The smallest absolute Gasteiger partial charge is 0.407 e. The maximum Gasteiger partial charge on any atom is 0.407 e. The summed E-state index contributed by atoms with van der Waals surface area (Å²) in [7, 11) is 0. The highest BCUT2D eigenvalue weighted by Crippen LogP contribution is 2.55. The normalized spacial score (nSPS) is 42.7. The number of ether oxygens (including phenoxy) is 1. The summed E-state index contributed by atoms with van der Waals surface area (Å²) >= 11 is 3.33. The molecule has 1 N–H and O–H groups in total. The summed E-state index contributed by atoms with van der Waals surface area (Å²) < 4.78 is 5.34.